The minimum absolute atomic E-state index is 0.107. The predicted molar refractivity (Wildman–Crippen MR) is 115 cm³/mol. The zero-order valence-electron chi connectivity index (χ0n) is 15.9. The number of fused-ring (bicyclic) bond motifs is 1. The van der Waals surface area contributed by atoms with Crippen molar-refractivity contribution in [2.75, 3.05) is 31.1 Å². The van der Waals surface area contributed by atoms with Crippen LogP contribution in [-0.2, 0) is 0 Å². The zero-order valence-corrected chi connectivity index (χ0v) is 17.5. The number of halogens is 1. The van der Waals surface area contributed by atoms with Gasteiger partial charge in [0, 0.05) is 48.7 Å². The van der Waals surface area contributed by atoms with E-state index in [2.05, 4.69) is 32.4 Å². The highest BCUT2D eigenvalue weighted by Crippen LogP contribution is 2.34. The van der Waals surface area contributed by atoms with E-state index in [0.29, 0.717) is 11.8 Å². The summed E-state index contributed by atoms with van der Waals surface area (Å²) in [5, 5.41) is 0. The molecule has 2 aromatic rings. The van der Waals surface area contributed by atoms with Gasteiger partial charge >= 0.3 is 0 Å². The quantitative estimate of drug-likeness (QED) is 0.675. The molecule has 0 bridgehead atoms. The molecule has 4 rings (SSSR count). The van der Waals surface area contributed by atoms with E-state index in [1.807, 2.05) is 60.5 Å². The van der Waals surface area contributed by atoms with E-state index < -0.39 is 0 Å². The van der Waals surface area contributed by atoms with Crippen molar-refractivity contribution in [1.29, 1.82) is 0 Å². The zero-order chi connectivity index (χ0) is 19.7. The molecule has 5 nitrogen and oxygen atoms in total. The number of carbonyl (C=O) groups is 1. The second-order valence-corrected chi connectivity index (χ2v) is 8.16. The van der Waals surface area contributed by atoms with Crippen LogP contribution < -0.4 is 4.90 Å². The van der Waals surface area contributed by atoms with Crippen molar-refractivity contribution in [2.45, 2.75) is 6.92 Å². The summed E-state index contributed by atoms with van der Waals surface area (Å²) in [7, 11) is 0. The van der Waals surface area contributed by atoms with Gasteiger partial charge in [0.05, 0.1) is 11.3 Å². The van der Waals surface area contributed by atoms with Crippen LogP contribution in [0.15, 0.2) is 59.7 Å². The van der Waals surface area contributed by atoms with E-state index in [0.717, 1.165) is 53.4 Å². The highest BCUT2D eigenvalue weighted by molar-refractivity contribution is 9.10. The number of hydrogen-bond acceptors (Lipinski definition) is 4. The number of carbonyl (C=O) groups excluding carboxylic acids is 1. The van der Waals surface area contributed by atoms with Gasteiger partial charge in [-0.25, -0.2) is 9.97 Å². The first-order valence-corrected chi connectivity index (χ1v) is 10.3. The lowest BCUT2D eigenvalue weighted by molar-refractivity contribution is 0.0781. The summed E-state index contributed by atoms with van der Waals surface area (Å²) in [6.07, 6.45) is 5.63. The Bertz CT molecular complexity index is 928. The molecule has 2 fully saturated rings. The SMILES string of the molecule is C=CC(=CC)c1ccnc(N2CC3CN(C(=O)c4ccccc4Br)CC3C2)n1. The molecule has 1 aromatic heterocycles. The number of nitrogens with zero attached hydrogens (tertiary/aromatic N) is 4. The summed E-state index contributed by atoms with van der Waals surface area (Å²) >= 11 is 3.49. The second kappa shape index (κ2) is 7.87. The van der Waals surface area contributed by atoms with Gasteiger partial charge in [-0.15, -0.1) is 0 Å². The fourth-order valence-corrected chi connectivity index (χ4v) is 4.61. The van der Waals surface area contributed by atoms with Gasteiger partial charge in [0.15, 0.2) is 0 Å². The first-order valence-electron chi connectivity index (χ1n) is 9.51. The minimum atomic E-state index is 0.107. The van der Waals surface area contributed by atoms with Gasteiger partial charge in [0.25, 0.3) is 5.91 Å². The standard InChI is InChI=1S/C22H23BrN4O/c1-3-15(4-2)20-9-10-24-22(25-20)27-13-16-11-26(12-17(16)14-27)21(28)18-7-5-6-8-19(18)23/h3-10,16-17H,1,11-14H2,2H3. The Morgan fingerprint density at radius 2 is 1.89 bits per heavy atom. The highest BCUT2D eigenvalue weighted by Gasteiger charge is 2.42. The lowest BCUT2D eigenvalue weighted by Gasteiger charge is -2.22. The largest absolute Gasteiger partial charge is 0.340 e. The minimum Gasteiger partial charge on any atom is -0.340 e. The van der Waals surface area contributed by atoms with Gasteiger partial charge in [-0.1, -0.05) is 30.9 Å². The number of anilines is 1. The number of amides is 1. The van der Waals surface area contributed by atoms with E-state index in [1.165, 1.54) is 0 Å². The van der Waals surface area contributed by atoms with Crippen molar-refractivity contribution in [3.8, 4) is 0 Å². The Labute approximate surface area is 173 Å². The normalized spacial score (nSPS) is 21.7. The van der Waals surface area contributed by atoms with Crippen LogP contribution in [0.2, 0.25) is 0 Å². The maximum absolute atomic E-state index is 12.9. The average Bonchev–Trinajstić information content (AvgIpc) is 3.28. The molecule has 6 heteroatoms. The third-order valence-corrected chi connectivity index (χ3v) is 6.32. The molecule has 0 radical (unpaired) electrons. The van der Waals surface area contributed by atoms with Crippen LogP contribution in [0.4, 0.5) is 5.95 Å². The molecule has 2 unspecified atom stereocenters. The summed E-state index contributed by atoms with van der Waals surface area (Å²) in [6.45, 7) is 9.17. The molecule has 3 heterocycles. The second-order valence-electron chi connectivity index (χ2n) is 7.31. The van der Waals surface area contributed by atoms with Gasteiger partial charge in [0.2, 0.25) is 5.95 Å². The van der Waals surface area contributed by atoms with Gasteiger partial charge in [-0.05, 0) is 46.6 Å². The van der Waals surface area contributed by atoms with E-state index in [9.17, 15) is 4.79 Å². The van der Waals surface area contributed by atoms with E-state index >= 15 is 0 Å². The molecule has 144 valence electrons. The molecule has 0 spiro atoms. The van der Waals surface area contributed by atoms with Crippen LogP contribution in [0.25, 0.3) is 5.57 Å². The molecule has 2 saturated heterocycles. The van der Waals surface area contributed by atoms with Crippen LogP contribution in [0.5, 0.6) is 0 Å². The molecule has 2 atom stereocenters. The third kappa shape index (κ3) is 3.49. The Morgan fingerprint density at radius 3 is 2.54 bits per heavy atom. The fraction of sp³-hybridized carbons (Fsp3) is 0.318. The first kappa shape index (κ1) is 18.9. The van der Waals surface area contributed by atoms with Crippen molar-refractivity contribution >= 4 is 33.4 Å². The molecule has 0 N–H and O–H groups in total. The molecule has 0 aliphatic carbocycles. The first-order chi connectivity index (χ1) is 13.6. The van der Waals surface area contributed by atoms with Gasteiger partial charge in [0.1, 0.15) is 0 Å². The Hall–Kier alpha value is -2.47. The molecular formula is C22H23BrN4O. The lowest BCUT2D eigenvalue weighted by Crippen LogP contribution is -2.34. The number of aromatic nitrogens is 2. The molecular weight excluding hydrogens is 416 g/mol. The molecule has 0 saturated carbocycles. The number of benzene rings is 1. The number of allylic oxidation sites excluding steroid dienone is 3. The van der Waals surface area contributed by atoms with Crippen LogP contribution in [0.1, 0.15) is 23.0 Å². The Morgan fingerprint density at radius 1 is 1.18 bits per heavy atom. The van der Waals surface area contributed by atoms with Gasteiger partial charge in [-0.2, -0.15) is 0 Å². The van der Waals surface area contributed by atoms with Crippen LogP contribution in [0, 0.1) is 11.8 Å². The van der Waals surface area contributed by atoms with Gasteiger partial charge in [-0.3, -0.25) is 4.79 Å². The van der Waals surface area contributed by atoms with Crippen molar-refractivity contribution in [3.05, 3.63) is 71.0 Å². The molecule has 1 aromatic carbocycles. The van der Waals surface area contributed by atoms with E-state index in [-0.39, 0.29) is 5.91 Å². The number of likely N-dealkylation sites (tertiary alicyclic amines) is 1. The molecule has 2 aliphatic heterocycles. The Balaban J connectivity index is 1.45. The third-order valence-electron chi connectivity index (χ3n) is 5.63. The summed E-state index contributed by atoms with van der Waals surface area (Å²) in [6, 6.07) is 9.54. The number of hydrogen-bond donors (Lipinski definition) is 0. The van der Waals surface area contributed by atoms with Crippen LogP contribution in [0.3, 0.4) is 0 Å². The summed E-state index contributed by atoms with van der Waals surface area (Å²) in [5.41, 5.74) is 2.64. The van der Waals surface area contributed by atoms with E-state index in [4.69, 9.17) is 4.98 Å². The maximum atomic E-state index is 12.9. The highest BCUT2D eigenvalue weighted by atomic mass is 79.9. The summed E-state index contributed by atoms with van der Waals surface area (Å²) in [5.74, 6) is 1.78. The smallest absolute Gasteiger partial charge is 0.255 e. The van der Waals surface area contributed by atoms with Crippen molar-refractivity contribution in [3.63, 3.8) is 0 Å². The lowest BCUT2D eigenvalue weighted by atomic mass is 10.0. The van der Waals surface area contributed by atoms with Crippen LogP contribution in [-0.4, -0.2) is 47.0 Å². The maximum Gasteiger partial charge on any atom is 0.255 e. The average molecular weight is 439 g/mol. The topological polar surface area (TPSA) is 49.3 Å². The van der Waals surface area contributed by atoms with Crippen molar-refractivity contribution < 1.29 is 4.79 Å². The summed E-state index contributed by atoms with van der Waals surface area (Å²) < 4.78 is 0.853. The van der Waals surface area contributed by atoms with Crippen molar-refractivity contribution in [1.82, 2.24) is 14.9 Å². The molecule has 1 amide bonds. The van der Waals surface area contributed by atoms with E-state index in [1.54, 1.807) is 0 Å². The van der Waals surface area contributed by atoms with Crippen molar-refractivity contribution in [2.24, 2.45) is 11.8 Å². The molecule has 28 heavy (non-hydrogen) atoms. The molecule has 2 aliphatic rings. The van der Waals surface area contributed by atoms with Crippen LogP contribution >= 0.6 is 15.9 Å². The summed E-state index contributed by atoms with van der Waals surface area (Å²) in [4.78, 5) is 26.3. The van der Waals surface area contributed by atoms with Gasteiger partial charge < -0.3 is 9.80 Å². The predicted octanol–water partition coefficient (Wildman–Crippen LogP) is 4.04. The monoisotopic (exact) mass is 438 g/mol. The Kier molecular flexibility index (Phi) is 5.31. The fourth-order valence-electron chi connectivity index (χ4n) is 4.16. The number of rotatable bonds is 4.